The summed E-state index contributed by atoms with van der Waals surface area (Å²) in [4.78, 5) is 13.7. The van der Waals surface area contributed by atoms with Gasteiger partial charge in [-0.15, -0.1) is 0 Å². The zero-order valence-corrected chi connectivity index (χ0v) is 11.5. The predicted octanol–water partition coefficient (Wildman–Crippen LogP) is 1.60. The van der Waals surface area contributed by atoms with Crippen LogP contribution >= 0.6 is 11.6 Å². The highest BCUT2D eigenvalue weighted by molar-refractivity contribution is 7.91. The van der Waals surface area contributed by atoms with E-state index in [4.69, 9.17) is 11.6 Å². The molecule has 1 saturated heterocycles. The third-order valence-corrected chi connectivity index (χ3v) is 5.13. The molecule has 1 aromatic rings. The van der Waals surface area contributed by atoms with E-state index in [1.807, 2.05) is 0 Å². The summed E-state index contributed by atoms with van der Waals surface area (Å²) in [6, 6.07) is 6.42. The van der Waals surface area contributed by atoms with Crippen LogP contribution < -0.4 is 0 Å². The van der Waals surface area contributed by atoms with Crippen molar-refractivity contribution in [2.24, 2.45) is 0 Å². The number of nitrogens with zero attached hydrogens (tertiary/aromatic N) is 1. The highest BCUT2D eigenvalue weighted by atomic mass is 35.5. The molecule has 0 unspecified atom stereocenters. The Morgan fingerprint density at radius 2 is 2.17 bits per heavy atom. The van der Waals surface area contributed by atoms with Crippen molar-refractivity contribution in [3.8, 4) is 0 Å². The number of sulfone groups is 1. The Hall–Kier alpha value is -1.07. The number of rotatable bonds is 2. The Morgan fingerprint density at radius 3 is 2.72 bits per heavy atom. The zero-order chi connectivity index (χ0) is 13.3. The highest BCUT2D eigenvalue weighted by Gasteiger charge is 2.32. The molecule has 1 aromatic carbocycles. The summed E-state index contributed by atoms with van der Waals surface area (Å²) < 4.78 is 22.8. The van der Waals surface area contributed by atoms with Gasteiger partial charge in [-0.05, 0) is 24.6 Å². The summed E-state index contributed by atoms with van der Waals surface area (Å²) in [5.74, 6) is 0.0142. The lowest BCUT2D eigenvalue weighted by atomic mass is 10.1. The molecule has 0 aromatic heterocycles. The van der Waals surface area contributed by atoms with Crippen LogP contribution in [0.2, 0.25) is 5.02 Å². The number of hydrogen-bond donors (Lipinski definition) is 0. The van der Waals surface area contributed by atoms with Crippen LogP contribution in [0.1, 0.15) is 16.8 Å². The molecule has 1 amide bonds. The van der Waals surface area contributed by atoms with Gasteiger partial charge in [-0.3, -0.25) is 4.79 Å². The van der Waals surface area contributed by atoms with Crippen molar-refractivity contribution in [3.05, 3.63) is 34.9 Å². The molecule has 0 radical (unpaired) electrons. The predicted molar refractivity (Wildman–Crippen MR) is 70.6 cm³/mol. The molecule has 98 valence electrons. The number of benzene rings is 1. The zero-order valence-electron chi connectivity index (χ0n) is 9.97. The van der Waals surface area contributed by atoms with Crippen LogP contribution in [0, 0.1) is 0 Å². The minimum absolute atomic E-state index is 0.0514. The molecule has 0 N–H and O–H groups in total. The first-order valence-electron chi connectivity index (χ1n) is 5.62. The van der Waals surface area contributed by atoms with Crippen molar-refractivity contribution in [2.75, 3.05) is 18.6 Å². The number of carbonyl (C=O) groups excluding carboxylic acids is 1. The molecular weight excluding hydrogens is 274 g/mol. The SMILES string of the molecule is CN(C(=O)c1cccc(Cl)c1)[C@@H]1CCS(=O)(=O)C1. The number of carbonyl (C=O) groups is 1. The van der Waals surface area contributed by atoms with Gasteiger partial charge in [-0.2, -0.15) is 0 Å². The first-order valence-corrected chi connectivity index (χ1v) is 7.82. The Morgan fingerprint density at radius 1 is 1.44 bits per heavy atom. The molecule has 1 heterocycles. The van der Waals surface area contributed by atoms with Crippen LogP contribution in [0.5, 0.6) is 0 Å². The van der Waals surface area contributed by atoms with Crippen LogP contribution in [0.15, 0.2) is 24.3 Å². The van der Waals surface area contributed by atoms with Gasteiger partial charge in [-0.1, -0.05) is 17.7 Å². The molecule has 1 aliphatic heterocycles. The lowest BCUT2D eigenvalue weighted by Gasteiger charge is -2.23. The summed E-state index contributed by atoms with van der Waals surface area (Å²) >= 11 is 5.83. The average molecular weight is 288 g/mol. The van der Waals surface area contributed by atoms with Crippen molar-refractivity contribution in [1.29, 1.82) is 0 Å². The molecule has 1 fully saturated rings. The smallest absolute Gasteiger partial charge is 0.253 e. The normalized spacial score (nSPS) is 21.8. The second-order valence-corrected chi connectivity index (χ2v) is 7.15. The number of halogens is 1. The quantitative estimate of drug-likeness (QED) is 0.830. The van der Waals surface area contributed by atoms with Gasteiger partial charge in [0.05, 0.1) is 11.5 Å². The second kappa shape index (κ2) is 4.90. The van der Waals surface area contributed by atoms with Gasteiger partial charge in [0.15, 0.2) is 9.84 Å². The van der Waals surface area contributed by atoms with Crippen molar-refractivity contribution < 1.29 is 13.2 Å². The van der Waals surface area contributed by atoms with Crippen molar-refractivity contribution in [2.45, 2.75) is 12.5 Å². The van der Waals surface area contributed by atoms with Crippen LogP contribution in [0.3, 0.4) is 0 Å². The van der Waals surface area contributed by atoms with Gasteiger partial charge in [-0.25, -0.2) is 8.42 Å². The van der Waals surface area contributed by atoms with E-state index in [0.29, 0.717) is 17.0 Å². The standard InChI is InChI=1S/C12H14ClNO3S/c1-14(11-5-6-18(16,17)8-11)12(15)9-3-2-4-10(13)7-9/h2-4,7,11H,5-6,8H2,1H3/t11-/m1/s1. The largest absolute Gasteiger partial charge is 0.338 e. The van der Waals surface area contributed by atoms with Crippen LogP contribution in [0.4, 0.5) is 0 Å². The molecular formula is C12H14ClNO3S. The van der Waals surface area contributed by atoms with Gasteiger partial charge >= 0.3 is 0 Å². The van der Waals surface area contributed by atoms with Crippen molar-refractivity contribution in [3.63, 3.8) is 0 Å². The summed E-state index contributed by atoms with van der Waals surface area (Å²) in [5, 5.41) is 0.494. The van der Waals surface area contributed by atoms with Crippen LogP contribution in [0.25, 0.3) is 0 Å². The molecule has 2 rings (SSSR count). The first kappa shape index (κ1) is 13.4. The number of amides is 1. The summed E-state index contributed by atoms with van der Waals surface area (Å²) in [5.41, 5.74) is 0.481. The lowest BCUT2D eigenvalue weighted by molar-refractivity contribution is 0.0747. The Kier molecular flexibility index (Phi) is 3.64. The topological polar surface area (TPSA) is 54.5 Å². The third-order valence-electron chi connectivity index (χ3n) is 3.15. The molecule has 4 nitrogen and oxygen atoms in total. The van der Waals surface area contributed by atoms with E-state index in [1.54, 1.807) is 31.3 Å². The molecule has 0 saturated carbocycles. The fraction of sp³-hybridized carbons (Fsp3) is 0.417. The first-order chi connectivity index (χ1) is 8.39. The van der Waals surface area contributed by atoms with E-state index in [-0.39, 0.29) is 23.5 Å². The van der Waals surface area contributed by atoms with E-state index in [0.717, 1.165) is 0 Å². The van der Waals surface area contributed by atoms with Gasteiger partial charge in [0.25, 0.3) is 5.91 Å². The van der Waals surface area contributed by atoms with Crippen LogP contribution in [-0.4, -0.2) is 43.8 Å². The van der Waals surface area contributed by atoms with Crippen molar-refractivity contribution >= 4 is 27.3 Å². The Bertz CT molecular complexity index is 570. The molecule has 0 spiro atoms. The molecule has 18 heavy (non-hydrogen) atoms. The van der Waals surface area contributed by atoms with Crippen molar-refractivity contribution in [1.82, 2.24) is 4.90 Å². The van der Waals surface area contributed by atoms with Crippen LogP contribution in [-0.2, 0) is 9.84 Å². The second-order valence-electron chi connectivity index (χ2n) is 4.48. The molecule has 6 heteroatoms. The fourth-order valence-electron chi connectivity index (χ4n) is 2.07. The van der Waals surface area contributed by atoms with E-state index in [2.05, 4.69) is 0 Å². The lowest BCUT2D eigenvalue weighted by Crippen LogP contribution is -2.37. The third kappa shape index (κ3) is 2.84. The maximum Gasteiger partial charge on any atom is 0.253 e. The number of hydrogen-bond acceptors (Lipinski definition) is 3. The van der Waals surface area contributed by atoms with E-state index >= 15 is 0 Å². The average Bonchev–Trinajstić information content (AvgIpc) is 2.68. The summed E-state index contributed by atoms with van der Waals surface area (Å²) in [7, 11) is -1.35. The molecule has 0 bridgehead atoms. The molecule has 1 atom stereocenters. The van der Waals surface area contributed by atoms with E-state index in [9.17, 15) is 13.2 Å². The Labute approximate surface area is 111 Å². The Balaban J connectivity index is 2.15. The van der Waals surface area contributed by atoms with E-state index < -0.39 is 9.84 Å². The highest BCUT2D eigenvalue weighted by Crippen LogP contribution is 2.19. The monoisotopic (exact) mass is 287 g/mol. The fourth-order valence-corrected chi connectivity index (χ4v) is 4.04. The van der Waals surface area contributed by atoms with Gasteiger partial charge in [0.2, 0.25) is 0 Å². The van der Waals surface area contributed by atoms with Gasteiger partial charge < -0.3 is 4.90 Å². The summed E-state index contributed by atoms with van der Waals surface area (Å²) in [6.07, 6.45) is 0.505. The molecule has 0 aliphatic carbocycles. The summed E-state index contributed by atoms with van der Waals surface area (Å²) in [6.45, 7) is 0. The van der Waals surface area contributed by atoms with Gasteiger partial charge in [0.1, 0.15) is 0 Å². The minimum atomic E-state index is -2.98. The molecule has 1 aliphatic rings. The maximum atomic E-state index is 12.2. The maximum absolute atomic E-state index is 12.2. The minimum Gasteiger partial charge on any atom is -0.338 e. The van der Waals surface area contributed by atoms with E-state index in [1.165, 1.54) is 4.90 Å². The van der Waals surface area contributed by atoms with Gasteiger partial charge in [0, 0.05) is 23.7 Å².